The highest BCUT2D eigenvalue weighted by Crippen LogP contribution is 2.62. The molecule has 0 bridgehead atoms. The van der Waals surface area contributed by atoms with Crippen LogP contribution in [-0.2, 0) is 0 Å². The van der Waals surface area contributed by atoms with Crippen molar-refractivity contribution in [3.05, 3.63) is 12.2 Å². The Kier molecular flexibility index (Phi) is 2.89. The predicted molar refractivity (Wildman–Crippen MR) is 75.2 cm³/mol. The maximum Gasteiger partial charge on any atom is 0.0752 e. The molecule has 1 nitrogen and oxygen atoms in total. The molecule has 0 saturated heterocycles. The van der Waals surface area contributed by atoms with Crippen LogP contribution in [0.3, 0.4) is 0 Å². The lowest BCUT2D eigenvalue weighted by Crippen LogP contribution is -2.53. The van der Waals surface area contributed by atoms with Crippen molar-refractivity contribution in [2.24, 2.45) is 28.6 Å². The van der Waals surface area contributed by atoms with Gasteiger partial charge in [0.2, 0.25) is 0 Å². The molecule has 5 atom stereocenters. The number of hydrogen-bond donors (Lipinski definition) is 1. The summed E-state index contributed by atoms with van der Waals surface area (Å²) in [6.45, 7) is 7.48. The van der Waals surface area contributed by atoms with Gasteiger partial charge in [0.1, 0.15) is 0 Å². The number of rotatable bonds is 0. The molecule has 0 heterocycles. The Morgan fingerprint density at radius 2 is 1.89 bits per heavy atom. The molecular formula is C17H28O. The van der Waals surface area contributed by atoms with Crippen LogP contribution in [0, 0.1) is 28.6 Å². The fourth-order valence-corrected chi connectivity index (χ4v) is 5.74. The predicted octanol–water partition coefficient (Wildman–Crippen LogP) is 4.17. The van der Waals surface area contributed by atoms with Crippen LogP contribution in [0.1, 0.15) is 59.3 Å². The van der Waals surface area contributed by atoms with Crippen LogP contribution in [-0.4, -0.2) is 11.2 Å². The van der Waals surface area contributed by atoms with Crippen molar-refractivity contribution in [2.45, 2.75) is 65.4 Å². The van der Waals surface area contributed by atoms with Crippen molar-refractivity contribution >= 4 is 0 Å². The topological polar surface area (TPSA) is 20.2 Å². The zero-order chi connectivity index (χ0) is 13.0. The van der Waals surface area contributed by atoms with Crippen LogP contribution in [0.15, 0.2) is 12.2 Å². The van der Waals surface area contributed by atoms with Gasteiger partial charge in [-0.15, -0.1) is 0 Å². The second-order valence-corrected chi connectivity index (χ2v) is 7.90. The van der Waals surface area contributed by atoms with Crippen molar-refractivity contribution in [3.63, 3.8) is 0 Å². The Labute approximate surface area is 112 Å². The number of hydrogen-bond acceptors (Lipinski definition) is 1. The van der Waals surface area contributed by atoms with E-state index in [1.54, 1.807) is 0 Å². The molecule has 2 fully saturated rings. The Balaban J connectivity index is 1.95. The summed E-state index contributed by atoms with van der Waals surface area (Å²) in [6, 6.07) is 0. The minimum absolute atomic E-state index is 0.174. The van der Waals surface area contributed by atoms with Crippen molar-refractivity contribution < 1.29 is 5.11 Å². The number of fused-ring (bicyclic) bond motifs is 3. The Bertz CT molecular complexity index is 357. The highest BCUT2D eigenvalue weighted by molar-refractivity contribution is 5.11. The molecule has 3 aliphatic rings. The minimum Gasteiger partial charge on any atom is -0.389 e. The summed E-state index contributed by atoms with van der Waals surface area (Å²) in [5.74, 6) is 2.11. The molecule has 3 aliphatic carbocycles. The van der Waals surface area contributed by atoms with Gasteiger partial charge in [-0.3, -0.25) is 0 Å². The molecule has 3 rings (SSSR count). The smallest absolute Gasteiger partial charge is 0.0752 e. The van der Waals surface area contributed by atoms with Gasteiger partial charge in [0, 0.05) is 0 Å². The molecular weight excluding hydrogens is 220 g/mol. The first kappa shape index (κ1) is 12.7. The van der Waals surface area contributed by atoms with Crippen LogP contribution in [0.25, 0.3) is 0 Å². The monoisotopic (exact) mass is 248 g/mol. The van der Waals surface area contributed by atoms with Gasteiger partial charge in [0.15, 0.2) is 0 Å². The fourth-order valence-electron chi connectivity index (χ4n) is 5.74. The fraction of sp³-hybridized carbons (Fsp3) is 0.882. The number of aliphatic hydroxyl groups excluding tert-OH is 1. The summed E-state index contributed by atoms with van der Waals surface area (Å²) >= 11 is 0. The second kappa shape index (κ2) is 4.10. The van der Waals surface area contributed by atoms with Gasteiger partial charge in [-0.1, -0.05) is 39.3 Å². The summed E-state index contributed by atoms with van der Waals surface area (Å²) in [5, 5.41) is 10.3. The van der Waals surface area contributed by atoms with Gasteiger partial charge < -0.3 is 5.11 Å². The van der Waals surface area contributed by atoms with Gasteiger partial charge >= 0.3 is 0 Å². The van der Waals surface area contributed by atoms with E-state index in [0.717, 1.165) is 11.8 Å². The number of aliphatic hydroxyl groups is 1. The highest BCUT2D eigenvalue weighted by atomic mass is 16.3. The summed E-state index contributed by atoms with van der Waals surface area (Å²) in [4.78, 5) is 0. The van der Waals surface area contributed by atoms with E-state index >= 15 is 0 Å². The molecule has 2 saturated carbocycles. The van der Waals surface area contributed by atoms with E-state index in [1.807, 2.05) is 6.08 Å². The molecule has 0 radical (unpaired) electrons. The van der Waals surface area contributed by atoms with E-state index in [-0.39, 0.29) is 6.10 Å². The molecule has 18 heavy (non-hydrogen) atoms. The summed E-state index contributed by atoms with van der Waals surface area (Å²) in [7, 11) is 0. The lowest BCUT2D eigenvalue weighted by molar-refractivity contribution is -0.116. The highest BCUT2D eigenvalue weighted by Gasteiger charge is 2.55. The van der Waals surface area contributed by atoms with Crippen molar-refractivity contribution in [3.8, 4) is 0 Å². The lowest BCUT2D eigenvalue weighted by Gasteiger charge is -2.60. The quantitative estimate of drug-likeness (QED) is 0.638. The Morgan fingerprint density at radius 3 is 2.67 bits per heavy atom. The maximum atomic E-state index is 10.3. The van der Waals surface area contributed by atoms with Crippen LogP contribution in [0.2, 0.25) is 0 Å². The van der Waals surface area contributed by atoms with E-state index in [4.69, 9.17) is 0 Å². The average Bonchev–Trinajstić information content (AvgIpc) is 2.29. The minimum atomic E-state index is -0.174. The van der Waals surface area contributed by atoms with Crippen LogP contribution < -0.4 is 0 Å². The van der Waals surface area contributed by atoms with Gasteiger partial charge in [0.05, 0.1) is 6.10 Å². The maximum absolute atomic E-state index is 10.3. The molecule has 102 valence electrons. The third-order valence-electron chi connectivity index (χ3n) is 6.59. The molecule has 0 aromatic carbocycles. The number of allylic oxidation sites excluding steroid dienone is 1. The second-order valence-electron chi connectivity index (χ2n) is 7.90. The average molecular weight is 248 g/mol. The molecule has 0 amide bonds. The summed E-state index contributed by atoms with van der Waals surface area (Å²) in [5.41, 5.74) is 0.973. The van der Waals surface area contributed by atoms with Crippen LogP contribution in [0.5, 0.6) is 0 Å². The third kappa shape index (κ3) is 1.70. The van der Waals surface area contributed by atoms with Crippen LogP contribution >= 0.6 is 0 Å². The molecule has 0 aromatic heterocycles. The Hall–Kier alpha value is -0.300. The molecule has 0 aliphatic heterocycles. The molecule has 1 N–H and O–H groups in total. The normalized spacial score (nSPS) is 50.4. The van der Waals surface area contributed by atoms with E-state index in [9.17, 15) is 5.11 Å². The first-order valence-corrected chi connectivity index (χ1v) is 7.80. The van der Waals surface area contributed by atoms with Crippen molar-refractivity contribution in [1.82, 2.24) is 0 Å². The van der Waals surface area contributed by atoms with E-state index in [1.165, 1.54) is 38.5 Å². The van der Waals surface area contributed by atoms with Gasteiger partial charge in [-0.05, 0) is 60.7 Å². The standard InChI is InChI=1S/C17H28O/c1-16(2)10-5-11-17(3)13-6-4-7-14(18)12(13)8-9-15(16)17/h4,7,12-15,18H,5-6,8-11H2,1-3H3. The van der Waals surface area contributed by atoms with E-state index < -0.39 is 0 Å². The van der Waals surface area contributed by atoms with Crippen molar-refractivity contribution in [2.75, 3.05) is 0 Å². The van der Waals surface area contributed by atoms with Gasteiger partial charge in [-0.25, -0.2) is 0 Å². The molecule has 0 aromatic rings. The zero-order valence-corrected chi connectivity index (χ0v) is 12.2. The molecule has 0 spiro atoms. The largest absolute Gasteiger partial charge is 0.389 e. The summed E-state index contributed by atoms with van der Waals surface area (Å²) < 4.78 is 0. The van der Waals surface area contributed by atoms with Crippen LogP contribution in [0.4, 0.5) is 0 Å². The first-order valence-electron chi connectivity index (χ1n) is 7.80. The van der Waals surface area contributed by atoms with Crippen molar-refractivity contribution in [1.29, 1.82) is 0 Å². The van der Waals surface area contributed by atoms with Gasteiger partial charge in [0.25, 0.3) is 0 Å². The van der Waals surface area contributed by atoms with Gasteiger partial charge in [-0.2, -0.15) is 0 Å². The SMILES string of the molecule is CC1(C)CCCC2(C)C3CC=CC(O)C3CCC12. The zero-order valence-electron chi connectivity index (χ0n) is 12.2. The van der Waals surface area contributed by atoms with E-state index in [2.05, 4.69) is 26.8 Å². The summed E-state index contributed by atoms with van der Waals surface area (Å²) in [6.07, 6.45) is 12.0. The van der Waals surface area contributed by atoms with E-state index in [0.29, 0.717) is 16.7 Å². The first-order chi connectivity index (χ1) is 8.45. The molecule has 1 heteroatoms. The third-order valence-corrected chi connectivity index (χ3v) is 6.59. The Morgan fingerprint density at radius 1 is 1.11 bits per heavy atom. The molecule has 5 unspecified atom stereocenters. The lowest BCUT2D eigenvalue weighted by atomic mass is 9.45.